The van der Waals surface area contributed by atoms with Gasteiger partial charge in [-0.1, -0.05) is 6.07 Å². The van der Waals surface area contributed by atoms with E-state index >= 15 is 0 Å². The van der Waals surface area contributed by atoms with Crippen LogP contribution < -0.4 is 14.8 Å². The Kier molecular flexibility index (Phi) is 7.24. The summed E-state index contributed by atoms with van der Waals surface area (Å²) in [5, 5.41) is 2.90. The van der Waals surface area contributed by atoms with Crippen LogP contribution in [0.2, 0.25) is 0 Å². The van der Waals surface area contributed by atoms with E-state index in [9.17, 15) is 13.2 Å². The van der Waals surface area contributed by atoms with Gasteiger partial charge >= 0.3 is 0 Å². The minimum absolute atomic E-state index is 0.0630. The van der Waals surface area contributed by atoms with E-state index in [-0.39, 0.29) is 12.3 Å². The van der Waals surface area contributed by atoms with Crippen LogP contribution in [0.15, 0.2) is 18.2 Å². The van der Waals surface area contributed by atoms with Crippen molar-refractivity contribution >= 4 is 15.9 Å². The van der Waals surface area contributed by atoms with E-state index in [0.29, 0.717) is 50.8 Å². The van der Waals surface area contributed by atoms with Crippen LogP contribution in [0.1, 0.15) is 5.56 Å². The molecule has 1 N–H and O–H groups in total. The number of nitrogens with one attached hydrogen (secondary N) is 1. The van der Waals surface area contributed by atoms with E-state index in [1.807, 2.05) is 6.07 Å². The summed E-state index contributed by atoms with van der Waals surface area (Å²) in [5.74, 6) is 1.17. The Morgan fingerprint density at radius 2 is 1.77 bits per heavy atom. The Balaban J connectivity index is 1.73. The van der Waals surface area contributed by atoms with Crippen LogP contribution in [0.25, 0.3) is 0 Å². The average molecular weight is 385 g/mol. The highest BCUT2D eigenvalue weighted by atomic mass is 32.2. The molecule has 0 radical (unpaired) electrons. The molecule has 0 aromatic heterocycles. The predicted molar refractivity (Wildman–Crippen MR) is 99.1 cm³/mol. The van der Waals surface area contributed by atoms with Gasteiger partial charge in [0.2, 0.25) is 15.9 Å². The molecule has 0 saturated carbocycles. The molecule has 1 aliphatic rings. The van der Waals surface area contributed by atoms with Gasteiger partial charge in [0.05, 0.1) is 26.9 Å². The van der Waals surface area contributed by atoms with Gasteiger partial charge in [-0.2, -0.15) is 4.31 Å². The molecule has 2 rings (SSSR count). The first-order valence-electron chi connectivity index (χ1n) is 8.48. The van der Waals surface area contributed by atoms with Crippen molar-refractivity contribution in [3.05, 3.63) is 23.8 Å². The molecular weight excluding hydrogens is 358 g/mol. The molecule has 1 amide bonds. The van der Waals surface area contributed by atoms with Crippen LogP contribution >= 0.6 is 0 Å². The molecule has 1 heterocycles. The van der Waals surface area contributed by atoms with Gasteiger partial charge in [0, 0.05) is 39.3 Å². The lowest BCUT2D eigenvalue weighted by Gasteiger charge is -2.33. The standard InChI is InChI=1S/C17H27N3O5S/c1-24-15-5-4-14(12-16(15)25-2)13-17(21)18-6-7-19-8-10-20(11-9-19)26(3,22)23/h4-5,12H,6-11,13H2,1-3H3,(H,18,21). The van der Waals surface area contributed by atoms with Crippen molar-refractivity contribution < 1.29 is 22.7 Å². The highest BCUT2D eigenvalue weighted by Gasteiger charge is 2.22. The van der Waals surface area contributed by atoms with Crippen molar-refractivity contribution in [1.29, 1.82) is 0 Å². The van der Waals surface area contributed by atoms with E-state index < -0.39 is 10.0 Å². The molecule has 1 saturated heterocycles. The number of amides is 1. The first-order valence-corrected chi connectivity index (χ1v) is 10.3. The van der Waals surface area contributed by atoms with Crippen LogP contribution in [0.3, 0.4) is 0 Å². The summed E-state index contributed by atoms with van der Waals surface area (Å²) >= 11 is 0. The average Bonchev–Trinajstić information content (AvgIpc) is 2.61. The third-order valence-electron chi connectivity index (χ3n) is 4.36. The molecule has 8 nitrogen and oxygen atoms in total. The summed E-state index contributed by atoms with van der Waals surface area (Å²) < 4.78 is 34.9. The van der Waals surface area contributed by atoms with Gasteiger partial charge in [0.25, 0.3) is 0 Å². The number of rotatable bonds is 8. The van der Waals surface area contributed by atoms with E-state index in [1.54, 1.807) is 26.4 Å². The maximum atomic E-state index is 12.1. The van der Waals surface area contributed by atoms with Crippen LogP contribution in [-0.2, 0) is 21.2 Å². The van der Waals surface area contributed by atoms with Crippen LogP contribution in [-0.4, -0.2) is 83.3 Å². The van der Waals surface area contributed by atoms with Crippen molar-refractivity contribution in [2.45, 2.75) is 6.42 Å². The van der Waals surface area contributed by atoms with Crippen LogP contribution in [0, 0.1) is 0 Å². The highest BCUT2D eigenvalue weighted by Crippen LogP contribution is 2.27. The second kappa shape index (κ2) is 9.20. The third-order valence-corrected chi connectivity index (χ3v) is 5.67. The van der Waals surface area contributed by atoms with Gasteiger partial charge in [-0.15, -0.1) is 0 Å². The summed E-state index contributed by atoms with van der Waals surface area (Å²) in [6.45, 7) is 3.59. The Morgan fingerprint density at radius 1 is 1.12 bits per heavy atom. The normalized spacial score (nSPS) is 16.3. The molecule has 0 bridgehead atoms. The lowest BCUT2D eigenvalue weighted by atomic mass is 10.1. The van der Waals surface area contributed by atoms with Crippen LogP contribution in [0.4, 0.5) is 0 Å². The lowest BCUT2D eigenvalue weighted by Crippen LogP contribution is -2.49. The molecule has 1 aliphatic heterocycles. The van der Waals surface area contributed by atoms with Crippen molar-refractivity contribution in [2.75, 3.05) is 59.7 Å². The molecule has 1 aromatic carbocycles. The molecule has 1 fully saturated rings. The molecule has 0 aliphatic carbocycles. The fraction of sp³-hybridized carbons (Fsp3) is 0.588. The first-order chi connectivity index (χ1) is 12.3. The summed E-state index contributed by atoms with van der Waals surface area (Å²) in [5.41, 5.74) is 0.849. The maximum Gasteiger partial charge on any atom is 0.224 e. The molecule has 0 atom stereocenters. The maximum absolute atomic E-state index is 12.1. The van der Waals surface area contributed by atoms with E-state index in [1.165, 1.54) is 10.6 Å². The number of ether oxygens (including phenoxy) is 2. The minimum atomic E-state index is -3.11. The lowest BCUT2D eigenvalue weighted by molar-refractivity contribution is -0.120. The van der Waals surface area contributed by atoms with Gasteiger partial charge in [0.1, 0.15) is 0 Å². The third kappa shape index (κ3) is 5.86. The summed E-state index contributed by atoms with van der Waals surface area (Å²) in [4.78, 5) is 14.3. The molecule has 1 aromatic rings. The Morgan fingerprint density at radius 3 is 2.35 bits per heavy atom. The molecule has 0 spiro atoms. The summed E-state index contributed by atoms with van der Waals surface area (Å²) in [6, 6.07) is 5.41. The minimum Gasteiger partial charge on any atom is -0.493 e. The molecular formula is C17H27N3O5S. The summed E-state index contributed by atoms with van der Waals surface area (Å²) in [6.07, 6.45) is 1.50. The molecule has 26 heavy (non-hydrogen) atoms. The highest BCUT2D eigenvalue weighted by molar-refractivity contribution is 7.88. The summed E-state index contributed by atoms with van der Waals surface area (Å²) in [7, 11) is 0.0192. The SMILES string of the molecule is COc1ccc(CC(=O)NCCN2CCN(S(C)(=O)=O)CC2)cc1OC. The van der Waals surface area contributed by atoms with Gasteiger partial charge in [-0.3, -0.25) is 9.69 Å². The smallest absolute Gasteiger partial charge is 0.224 e. The zero-order valence-electron chi connectivity index (χ0n) is 15.5. The fourth-order valence-corrected chi connectivity index (χ4v) is 3.70. The number of carbonyl (C=O) groups is 1. The first kappa shape index (κ1) is 20.5. The zero-order chi connectivity index (χ0) is 19.2. The number of hydrogen-bond acceptors (Lipinski definition) is 6. The topological polar surface area (TPSA) is 88.2 Å². The van der Waals surface area contributed by atoms with E-state index in [4.69, 9.17) is 9.47 Å². The molecule has 146 valence electrons. The zero-order valence-corrected chi connectivity index (χ0v) is 16.3. The molecule has 9 heteroatoms. The second-order valence-corrected chi connectivity index (χ2v) is 8.20. The van der Waals surface area contributed by atoms with Gasteiger partial charge in [-0.05, 0) is 17.7 Å². The van der Waals surface area contributed by atoms with Crippen molar-refractivity contribution in [2.24, 2.45) is 0 Å². The van der Waals surface area contributed by atoms with Gasteiger partial charge in [0.15, 0.2) is 11.5 Å². The number of methoxy groups -OCH3 is 2. The van der Waals surface area contributed by atoms with Crippen molar-refractivity contribution in [3.63, 3.8) is 0 Å². The van der Waals surface area contributed by atoms with Gasteiger partial charge in [-0.25, -0.2) is 8.42 Å². The van der Waals surface area contributed by atoms with Crippen LogP contribution in [0.5, 0.6) is 11.5 Å². The van der Waals surface area contributed by atoms with E-state index in [0.717, 1.165) is 5.56 Å². The predicted octanol–water partition coefficient (Wildman–Crippen LogP) is -0.0603. The van der Waals surface area contributed by atoms with E-state index in [2.05, 4.69) is 10.2 Å². The number of carbonyl (C=O) groups excluding carboxylic acids is 1. The second-order valence-electron chi connectivity index (χ2n) is 6.22. The number of sulfonamides is 1. The Bertz CT molecular complexity index is 715. The number of nitrogens with zero attached hydrogens (tertiary/aromatic N) is 2. The Labute approximate surface area is 155 Å². The van der Waals surface area contributed by atoms with Crippen molar-refractivity contribution in [1.82, 2.24) is 14.5 Å². The van der Waals surface area contributed by atoms with Crippen molar-refractivity contribution in [3.8, 4) is 11.5 Å². The van der Waals surface area contributed by atoms with Gasteiger partial charge < -0.3 is 14.8 Å². The number of benzene rings is 1. The quantitative estimate of drug-likeness (QED) is 0.675. The molecule has 0 unspecified atom stereocenters. The monoisotopic (exact) mass is 385 g/mol. The number of hydrogen-bond donors (Lipinski definition) is 1. The fourth-order valence-electron chi connectivity index (χ4n) is 2.88. The largest absolute Gasteiger partial charge is 0.493 e. The number of piperazine rings is 1. The Hall–Kier alpha value is -1.84.